The van der Waals surface area contributed by atoms with Crippen LogP contribution >= 0.6 is 15.9 Å². The molecule has 1 aliphatic rings. The Bertz CT molecular complexity index is 667. The fraction of sp³-hybridized carbons (Fsp3) is 0.438. The molecule has 0 amide bonds. The van der Waals surface area contributed by atoms with E-state index < -0.39 is 0 Å². The fourth-order valence-corrected chi connectivity index (χ4v) is 3.22. The van der Waals surface area contributed by atoms with E-state index in [2.05, 4.69) is 28.0 Å². The lowest BCUT2D eigenvalue weighted by Crippen LogP contribution is -2.06. The molecular weight excluding hydrogens is 332 g/mol. The number of aliphatic hydroxyl groups excluding tert-OH is 1. The molecule has 0 spiro atoms. The summed E-state index contributed by atoms with van der Waals surface area (Å²) in [4.78, 5) is 0. The summed E-state index contributed by atoms with van der Waals surface area (Å²) in [5.74, 6) is 0.844. The number of rotatable bonds is 4. The Morgan fingerprint density at radius 2 is 2.29 bits per heavy atom. The van der Waals surface area contributed by atoms with E-state index in [0.717, 1.165) is 46.6 Å². The van der Waals surface area contributed by atoms with Gasteiger partial charge in [0, 0.05) is 6.54 Å². The third-order valence-corrected chi connectivity index (χ3v) is 5.02. The number of nitrogens with zero attached hydrogens (tertiary/aromatic N) is 2. The highest BCUT2D eigenvalue weighted by atomic mass is 79.9. The summed E-state index contributed by atoms with van der Waals surface area (Å²) in [5.41, 5.74) is 4.26. The Hall–Kier alpha value is -1.33. The van der Waals surface area contributed by atoms with Gasteiger partial charge >= 0.3 is 0 Å². The van der Waals surface area contributed by atoms with Crippen LogP contribution in [-0.2, 0) is 19.6 Å². The molecule has 0 aliphatic heterocycles. The molecule has 5 heteroatoms. The van der Waals surface area contributed by atoms with Crippen LogP contribution < -0.4 is 4.74 Å². The van der Waals surface area contributed by atoms with Crippen LogP contribution in [0.1, 0.15) is 42.0 Å². The lowest BCUT2D eigenvalue weighted by molar-refractivity contribution is 0.180. The second-order valence-corrected chi connectivity index (χ2v) is 6.16. The summed E-state index contributed by atoms with van der Waals surface area (Å²) in [6, 6.07) is 5.94. The molecule has 0 saturated heterocycles. The number of aliphatic hydroxyl groups is 1. The van der Waals surface area contributed by atoms with E-state index in [4.69, 9.17) is 4.74 Å². The second-order valence-electron chi connectivity index (χ2n) is 5.37. The van der Waals surface area contributed by atoms with Gasteiger partial charge in [-0.3, -0.25) is 4.68 Å². The summed E-state index contributed by atoms with van der Waals surface area (Å²) >= 11 is 3.58. The topological polar surface area (TPSA) is 47.3 Å². The molecule has 0 unspecified atom stereocenters. The molecule has 0 saturated carbocycles. The summed E-state index contributed by atoms with van der Waals surface area (Å²) in [6.45, 7) is 5.35. The van der Waals surface area contributed by atoms with E-state index >= 15 is 0 Å². The number of hydrogen-bond acceptors (Lipinski definition) is 3. The lowest BCUT2D eigenvalue weighted by atomic mass is 10.1. The maximum Gasteiger partial charge on any atom is 0.131 e. The van der Waals surface area contributed by atoms with Gasteiger partial charge in [0.15, 0.2) is 0 Å². The van der Waals surface area contributed by atoms with Gasteiger partial charge < -0.3 is 9.84 Å². The highest BCUT2D eigenvalue weighted by molar-refractivity contribution is 9.10. The van der Waals surface area contributed by atoms with Crippen molar-refractivity contribution in [3.63, 3.8) is 0 Å². The molecule has 1 aromatic heterocycles. The van der Waals surface area contributed by atoms with Crippen molar-refractivity contribution < 1.29 is 9.84 Å². The molecule has 1 N–H and O–H groups in total. The quantitative estimate of drug-likeness (QED) is 0.917. The SMILES string of the molecule is CCn1nc(C)c(Br)c1COc1ccc2c(c1)CC[C@@H]2O. The molecule has 1 atom stereocenters. The molecule has 112 valence electrons. The Kier molecular flexibility index (Phi) is 4.04. The highest BCUT2D eigenvalue weighted by Crippen LogP contribution is 2.33. The number of halogens is 1. The molecule has 1 aliphatic carbocycles. The standard InChI is InChI=1S/C16H19BrN2O2/c1-3-19-14(16(17)10(2)18-19)9-21-12-5-6-13-11(8-12)4-7-15(13)20/h5-6,8,15,20H,3-4,7,9H2,1-2H3/t15-/m0/s1. The van der Waals surface area contributed by atoms with E-state index in [9.17, 15) is 5.11 Å². The number of benzene rings is 1. The fourth-order valence-electron chi connectivity index (χ4n) is 2.82. The van der Waals surface area contributed by atoms with Crippen molar-refractivity contribution >= 4 is 15.9 Å². The average Bonchev–Trinajstić information content (AvgIpc) is 2.98. The molecular formula is C16H19BrN2O2. The van der Waals surface area contributed by atoms with E-state index in [0.29, 0.717) is 6.61 Å². The minimum Gasteiger partial charge on any atom is -0.487 e. The number of hydrogen-bond donors (Lipinski definition) is 1. The van der Waals surface area contributed by atoms with Gasteiger partial charge in [0.1, 0.15) is 12.4 Å². The van der Waals surface area contributed by atoms with Crippen LogP contribution in [0.25, 0.3) is 0 Å². The molecule has 0 bridgehead atoms. The summed E-state index contributed by atoms with van der Waals surface area (Å²) < 4.78 is 8.89. The first-order valence-corrected chi connectivity index (χ1v) is 8.05. The van der Waals surface area contributed by atoms with Gasteiger partial charge in [-0.2, -0.15) is 5.10 Å². The monoisotopic (exact) mass is 350 g/mol. The Morgan fingerprint density at radius 1 is 1.48 bits per heavy atom. The molecule has 3 rings (SSSR count). The van der Waals surface area contributed by atoms with Gasteiger partial charge in [-0.1, -0.05) is 6.07 Å². The van der Waals surface area contributed by atoms with Gasteiger partial charge in [0.05, 0.1) is 22.0 Å². The van der Waals surface area contributed by atoms with Gasteiger partial charge in [-0.15, -0.1) is 0 Å². The summed E-state index contributed by atoms with van der Waals surface area (Å²) in [7, 11) is 0. The number of aryl methyl sites for hydroxylation is 3. The maximum absolute atomic E-state index is 9.83. The largest absolute Gasteiger partial charge is 0.487 e. The third kappa shape index (κ3) is 2.72. The zero-order valence-electron chi connectivity index (χ0n) is 12.3. The predicted octanol–water partition coefficient (Wildman–Crippen LogP) is 3.53. The molecule has 4 nitrogen and oxygen atoms in total. The maximum atomic E-state index is 9.83. The first-order chi connectivity index (χ1) is 10.1. The number of ether oxygens (including phenoxy) is 1. The van der Waals surface area contributed by atoms with Crippen molar-refractivity contribution in [1.82, 2.24) is 9.78 Å². The second kappa shape index (κ2) is 5.81. The molecule has 0 radical (unpaired) electrons. The van der Waals surface area contributed by atoms with Gasteiger partial charge in [-0.25, -0.2) is 0 Å². The van der Waals surface area contributed by atoms with Crippen molar-refractivity contribution in [1.29, 1.82) is 0 Å². The van der Waals surface area contributed by atoms with Crippen LogP contribution in [0.4, 0.5) is 0 Å². The van der Waals surface area contributed by atoms with Crippen LogP contribution in [0.2, 0.25) is 0 Å². The zero-order chi connectivity index (χ0) is 15.0. The summed E-state index contributed by atoms with van der Waals surface area (Å²) in [6.07, 6.45) is 1.42. The smallest absolute Gasteiger partial charge is 0.131 e. The van der Waals surface area contributed by atoms with Crippen molar-refractivity contribution in [2.24, 2.45) is 0 Å². The minimum absolute atomic E-state index is 0.313. The minimum atomic E-state index is -0.313. The van der Waals surface area contributed by atoms with E-state index in [1.54, 1.807) is 0 Å². The van der Waals surface area contributed by atoms with E-state index in [1.165, 1.54) is 5.56 Å². The summed E-state index contributed by atoms with van der Waals surface area (Å²) in [5, 5.41) is 14.3. The van der Waals surface area contributed by atoms with E-state index in [-0.39, 0.29) is 6.10 Å². The van der Waals surface area contributed by atoms with Crippen LogP contribution in [0, 0.1) is 6.92 Å². The van der Waals surface area contributed by atoms with Crippen LogP contribution in [0.5, 0.6) is 5.75 Å². The van der Waals surface area contributed by atoms with Gasteiger partial charge in [0.2, 0.25) is 0 Å². The first kappa shape index (κ1) is 14.6. The van der Waals surface area contributed by atoms with Crippen LogP contribution in [0.15, 0.2) is 22.7 Å². The van der Waals surface area contributed by atoms with Crippen LogP contribution in [0.3, 0.4) is 0 Å². The normalized spacial score (nSPS) is 17.0. The Labute approximate surface area is 132 Å². The number of aromatic nitrogens is 2. The zero-order valence-corrected chi connectivity index (χ0v) is 13.9. The third-order valence-electron chi connectivity index (χ3n) is 3.99. The van der Waals surface area contributed by atoms with Gasteiger partial charge in [0.25, 0.3) is 0 Å². The highest BCUT2D eigenvalue weighted by Gasteiger charge is 2.20. The number of fused-ring (bicyclic) bond motifs is 1. The Morgan fingerprint density at radius 3 is 3.05 bits per heavy atom. The van der Waals surface area contributed by atoms with Gasteiger partial charge in [-0.05, 0) is 65.9 Å². The van der Waals surface area contributed by atoms with Crippen molar-refractivity contribution in [3.8, 4) is 5.75 Å². The molecule has 1 heterocycles. The first-order valence-electron chi connectivity index (χ1n) is 7.25. The molecule has 1 aromatic carbocycles. The van der Waals surface area contributed by atoms with Crippen molar-refractivity contribution in [3.05, 3.63) is 45.2 Å². The van der Waals surface area contributed by atoms with Crippen molar-refractivity contribution in [2.45, 2.75) is 45.9 Å². The van der Waals surface area contributed by atoms with E-state index in [1.807, 2.05) is 29.8 Å². The Balaban J connectivity index is 1.77. The lowest BCUT2D eigenvalue weighted by Gasteiger charge is -2.10. The predicted molar refractivity (Wildman–Crippen MR) is 84.4 cm³/mol. The molecule has 0 fully saturated rings. The molecule has 2 aromatic rings. The molecule has 21 heavy (non-hydrogen) atoms. The average molecular weight is 351 g/mol. The van der Waals surface area contributed by atoms with Crippen molar-refractivity contribution in [2.75, 3.05) is 0 Å². The van der Waals surface area contributed by atoms with Crippen LogP contribution in [-0.4, -0.2) is 14.9 Å².